The van der Waals surface area contributed by atoms with Gasteiger partial charge in [-0.25, -0.2) is 0 Å². The van der Waals surface area contributed by atoms with Crippen LogP contribution in [0.4, 0.5) is 5.69 Å². The molecule has 1 aromatic carbocycles. The first-order chi connectivity index (χ1) is 7.41. The van der Waals surface area contributed by atoms with E-state index in [-0.39, 0.29) is 11.7 Å². The van der Waals surface area contributed by atoms with Gasteiger partial charge in [0.05, 0.1) is 13.9 Å². The Morgan fingerprint density at radius 3 is 2.38 bits per heavy atom. The first-order valence-corrected chi connectivity index (χ1v) is 6.02. The summed E-state index contributed by atoms with van der Waals surface area (Å²) < 4.78 is 6.47. The van der Waals surface area contributed by atoms with Crippen LogP contribution in [0, 0.1) is 10.1 Å². The van der Waals surface area contributed by atoms with Crippen molar-refractivity contribution in [3.8, 4) is 5.75 Å². The van der Waals surface area contributed by atoms with Gasteiger partial charge in [-0.1, -0.05) is 0 Å². The van der Waals surface area contributed by atoms with E-state index in [4.69, 9.17) is 10.5 Å². The molecule has 1 unspecified atom stereocenters. The largest absolute Gasteiger partial charge is 0.490 e. The van der Waals surface area contributed by atoms with Crippen molar-refractivity contribution in [2.24, 2.45) is 5.73 Å². The van der Waals surface area contributed by atoms with Crippen LogP contribution in [0.15, 0.2) is 21.1 Å². The lowest BCUT2D eigenvalue weighted by atomic mass is 10.3. The van der Waals surface area contributed by atoms with E-state index >= 15 is 0 Å². The van der Waals surface area contributed by atoms with Gasteiger partial charge in [0, 0.05) is 18.2 Å². The second-order valence-electron chi connectivity index (χ2n) is 3.28. The maximum absolute atomic E-state index is 10.6. The lowest BCUT2D eigenvalue weighted by Gasteiger charge is -2.11. The Morgan fingerprint density at radius 2 is 2.00 bits per heavy atom. The smallest absolute Gasteiger partial charge is 0.271 e. The lowest BCUT2D eigenvalue weighted by Crippen LogP contribution is -2.23. The standard InChI is InChI=1S/C9H10Br2N2O3/c1-5(12)4-16-9-7(10)2-6(13(14)15)3-8(9)11/h2-3,5H,4,12H2,1H3. The second kappa shape index (κ2) is 5.60. The van der Waals surface area contributed by atoms with Crippen LogP contribution in [-0.2, 0) is 0 Å². The molecule has 0 aliphatic carbocycles. The van der Waals surface area contributed by atoms with Gasteiger partial charge in [-0.3, -0.25) is 10.1 Å². The van der Waals surface area contributed by atoms with E-state index in [1.807, 2.05) is 6.92 Å². The van der Waals surface area contributed by atoms with Crippen LogP contribution in [0.2, 0.25) is 0 Å². The van der Waals surface area contributed by atoms with Crippen molar-refractivity contribution < 1.29 is 9.66 Å². The van der Waals surface area contributed by atoms with Crippen molar-refractivity contribution in [1.82, 2.24) is 0 Å². The van der Waals surface area contributed by atoms with E-state index in [1.165, 1.54) is 12.1 Å². The zero-order valence-corrected chi connectivity index (χ0v) is 11.6. The van der Waals surface area contributed by atoms with Crippen LogP contribution in [-0.4, -0.2) is 17.6 Å². The first kappa shape index (κ1) is 13.4. The highest BCUT2D eigenvalue weighted by atomic mass is 79.9. The molecular weight excluding hydrogens is 344 g/mol. The molecule has 5 nitrogen and oxygen atoms in total. The molecule has 16 heavy (non-hydrogen) atoms. The third-order valence-corrected chi connectivity index (χ3v) is 2.86. The van der Waals surface area contributed by atoms with Crippen LogP contribution in [0.25, 0.3) is 0 Å². The van der Waals surface area contributed by atoms with Gasteiger partial charge in [0.25, 0.3) is 5.69 Å². The fourth-order valence-corrected chi connectivity index (χ4v) is 2.40. The summed E-state index contributed by atoms with van der Waals surface area (Å²) in [6.45, 7) is 2.15. The molecule has 1 aromatic rings. The summed E-state index contributed by atoms with van der Waals surface area (Å²) in [6.07, 6.45) is 0. The number of ether oxygens (including phenoxy) is 1. The Labute approximate surface area is 109 Å². The Morgan fingerprint density at radius 1 is 1.50 bits per heavy atom. The van der Waals surface area contributed by atoms with Gasteiger partial charge in [-0.15, -0.1) is 0 Å². The Hall–Kier alpha value is -0.660. The van der Waals surface area contributed by atoms with Gasteiger partial charge in [0.2, 0.25) is 0 Å². The van der Waals surface area contributed by atoms with Crippen molar-refractivity contribution in [3.63, 3.8) is 0 Å². The molecular formula is C9H10Br2N2O3. The number of hydrogen-bond donors (Lipinski definition) is 1. The quantitative estimate of drug-likeness (QED) is 0.666. The minimum atomic E-state index is -0.467. The van der Waals surface area contributed by atoms with Gasteiger partial charge in [0.15, 0.2) is 0 Å². The molecule has 2 N–H and O–H groups in total. The van der Waals surface area contributed by atoms with Crippen molar-refractivity contribution in [2.45, 2.75) is 13.0 Å². The number of rotatable bonds is 4. The minimum absolute atomic E-state index is 0.00750. The number of halogens is 2. The number of nitrogens with two attached hydrogens (primary N) is 1. The molecule has 0 aliphatic heterocycles. The fraction of sp³-hybridized carbons (Fsp3) is 0.333. The predicted molar refractivity (Wildman–Crippen MR) is 67.6 cm³/mol. The molecule has 0 aliphatic rings. The first-order valence-electron chi connectivity index (χ1n) is 4.43. The van der Waals surface area contributed by atoms with Crippen molar-refractivity contribution in [3.05, 3.63) is 31.2 Å². The molecule has 0 saturated heterocycles. The van der Waals surface area contributed by atoms with Crippen LogP contribution in [0.5, 0.6) is 5.75 Å². The zero-order chi connectivity index (χ0) is 12.3. The van der Waals surface area contributed by atoms with E-state index in [9.17, 15) is 10.1 Å². The Balaban J connectivity index is 2.98. The van der Waals surface area contributed by atoms with E-state index in [1.54, 1.807) is 0 Å². The Bertz CT molecular complexity index is 387. The molecule has 0 aromatic heterocycles. The van der Waals surface area contributed by atoms with Crippen molar-refractivity contribution >= 4 is 37.5 Å². The molecule has 0 fully saturated rings. The van der Waals surface area contributed by atoms with E-state index in [0.29, 0.717) is 21.3 Å². The van der Waals surface area contributed by atoms with Gasteiger partial charge in [0.1, 0.15) is 12.4 Å². The summed E-state index contributed by atoms with van der Waals surface area (Å²) in [5.74, 6) is 0.517. The highest BCUT2D eigenvalue weighted by molar-refractivity contribution is 9.11. The molecule has 1 atom stereocenters. The summed E-state index contributed by atoms with van der Waals surface area (Å²) in [5, 5.41) is 10.6. The molecule has 1 rings (SSSR count). The lowest BCUT2D eigenvalue weighted by molar-refractivity contribution is -0.385. The summed E-state index contributed by atoms with van der Waals surface area (Å²) in [7, 11) is 0. The summed E-state index contributed by atoms with van der Waals surface area (Å²) in [4.78, 5) is 10.1. The molecule has 0 saturated carbocycles. The Kier molecular flexibility index (Phi) is 4.69. The number of nitrogens with zero attached hydrogens (tertiary/aromatic N) is 1. The summed E-state index contributed by atoms with van der Waals surface area (Å²) >= 11 is 6.43. The minimum Gasteiger partial charge on any atom is -0.490 e. The van der Waals surface area contributed by atoms with Gasteiger partial charge in [-0.2, -0.15) is 0 Å². The van der Waals surface area contributed by atoms with Gasteiger partial charge < -0.3 is 10.5 Å². The summed E-state index contributed by atoms with van der Waals surface area (Å²) in [5.41, 5.74) is 5.55. The predicted octanol–water partition coefficient (Wildman–Crippen LogP) is 2.85. The van der Waals surface area contributed by atoms with Crippen LogP contribution >= 0.6 is 31.9 Å². The molecule has 7 heteroatoms. The van der Waals surface area contributed by atoms with Gasteiger partial charge >= 0.3 is 0 Å². The van der Waals surface area contributed by atoms with Gasteiger partial charge in [-0.05, 0) is 38.8 Å². The average Bonchev–Trinajstić information content (AvgIpc) is 2.15. The topological polar surface area (TPSA) is 78.4 Å². The molecule has 0 bridgehead atoms. The third kappa shape index (κ3) is 3.43. The SMILES string of the molecule is CC(N)COc1c(Br)cc([N+](=O)[O-])cc1Br. The number of benzene rings is 1. The van der Waals surface area contributed by atoms with Crippen LogP contribution in [0.1, 0.15) is 6.92 Å². The number of non-ortho nitro benzene ring substituents is 1. The fourth-order valence-electron chi connectivity index (χ4n) is 1.00. The zero-order valence-electron chi connectivity index (χ0n) is 8.44. The number of nitro groups is 1. The molecule has 0 heterocycles. The van der Waals surface area contributed by atoms with E-state index in [0.717, 1.165) is 0 Å². The van der Waals surface area contributed by atoms with Crippen LogP contribution in [0.3, 0.4) is 0 Å². The monoisotopic (exact) mass is 352 g/mol. The third-order valence-electron chi connectivity index (χ3n) is 1.68. The highest BCUT2D eigenvalue weighted by Gasteiger charge is 2.15. The van der Waals surface area contributed by atoms with E-state index in [2.05, 4.69) is 31.9 Å². The summed E-state index contributed by atoms with van der Waals surface area (Å²) in [6, 6.07) is 2.68. The van der Waals surface area contributed by atoms with Crippen molar-refractivity contribution in [1.29, 1.82) is 0 Å². The molecule has 0 amide bonds. The second-order valence-corrected chi connectivity index (χ2v) is 4.99. The number of nitro benzene ring substituents is 1. The normalized spacial score (nSPS) is 12.2. The van der Waals surface area contributed by atoms with Crippen LogP contribution < -0.4 is 10.5 Å². The maximum Gasteiger partial charge on any atom is 0.271 e. The number of hydrogen-bond acceptors (Lipinski definition) is 4. The molecule has 88 valence electrons. The average molecular weight is 354 g/mol. The highest BCUT2D eigenvalue weighted by Crippen LogP contribution is 2.37. The van der Waals surface area contributed by atoms with E-state index < -0.39 is 4.92 Å². The molecule has 0 spiro atoms. The van der Waals surface area contributed by atoms with Crippen molar-refractivity contribution in [2.75, 3.05) is 6.61 Å². The molecule has 0 radical (unpaired) electrons. The maximum atomic E-state index is 10.6.